The Morgan fingerprint density at radius 3 is 2.27 bits per heavy atom. The maximum atomic E-state index is 12.7. The number of nitro benzene ring substituents is 1. The van der Waals surface area contributed by atoms with Crippen molar-refractivity contribution in [3.05, 3.63) is 34.1 Å². The zero-order valence-corrected chi connectivity index (χ0v) is 10.3. The first kappa shape index (κ1) is 14.5. The molecule has 0 aliphatic rings. The van der Waals surface area contributed by atoms with E-state index in [4.69, 9.17) is 0 Å². The molecule has 1 rings (SSSR count). The van der Waals surface area contributed by atoms with E-state index in [2.05, 4.69) is 0 Å². The van der Waals surface area contributed by atoms with Gasteiger partial charge in [-0.05, 0) is 6.07 Å². The summed E-state index contributed by atoms with van der Waals surface area (Å²) in [7, 11) is -5.02. The number of hydrogen-bond acceptors (Lipinski definition) is 5. The van der Waals surface area contributed by atoms with E-state index < -0.39 is 31.4 Å². The first-order valence-corrected chi connectivity index (χ1v) is 4.63. The van der Waals surface area contributed by atoms with E-state index in [-0.39, 0.29) is 29.6 Å². The van der Waals surface area contributed by atoms with Crippen LogP contribution in [0.4, 0.5) is 10.1 Å². The van der Waals surface area contributed by atoms with Crippen LogP contribution in [0.15, 0.2) is 23.1 Å². The van der Waals surface area contributed by atoms with Crippen molar-refractivity contribution in [1.82, 2.24) is 0 Å². The molecule has 0 amide bonds. The van der Waals surface area contributed by atoms with Gasteiger partial charge in [0.15, 0.2) is 0 Å². The Kier molecular flexibility index (Phi) is 4.81. The molecule has 0 saturated heterocycles. The molecule has 0 unspecified atom stereocenters. The van der Waals surface area contributed by atoms with Crippen LogP contribution in [-0.4, -0.2) is 17.9 Å². The van der Waals surface area contributed by atoms with Gasteiger partial charge in [0.25, 0.3) is 5.69 Å². The third kappa shape index (κ3) is 3.50. The number of halogens is 1. The van der Waals surface area contributed by atoms with Crippen LogP contribution in [0.1, 0.15) is 0 Å². The molecule has 0 aliphatic heterocycles. The van der Waals surface area contributed by atoms with Crippen LogP contribution in [0, 0.1) is 15.9 Å². The second-order valence-electron chi connectivity index (χ2n) is 2.33. The first-order valence-electron chi connectivity index (χ1n) is 3.22. The molecule has 15 heavy (non-hydrogen) atoms. The van der Waals surface area contributed by atoms with Crippen LogP contribution in [0.25, 0.3) is 0 Å². The number of non-ortho nitro benzene ring substituents is 1. The number of hydrogen-bond donors (Lipinski definition) is 0. The van der Waals surface area contributed by atoms with Crippen LogP contribution in [0.5, 0.6) is 0 Å². The zero-order chi connectivity index (χ0) is 10.9. The maximum absolute atomic E-state index is 12.7. The molecule has 0 atom stereocenters. The fourth-order valence-electron chi connectivity index (χ4n) is 0.797. The summed E-state index contributed by atoms with van der Waals surface area (Å²) < 4.78 is 44.0. The number of rotatable bonds is 2. The molecule has 0 bridgehead atoms. The van der Waals surface area contributed by atoms with E-state index in [0.29, 0.717) is 12.1 Å². The van der Waals surface area contributed by atoms with E-state index in [9.17, 15) is 27.5 Å². The smallest absolute Gasteiger partial charge is 0.744 e. The van der Waals surface area contributed by atoms with Gasteiger partial charge in [-0.3, -0.25) is 10.1 Å². The topological polar surface area (TPSA) is 100 Å². The van der Waals surface area contributed by atoms with Crippen molar-refractivity contribution < 1.29 is 51.8 Å². The van der Waals surface area contributed by atoms with Crippen molar-refractivity contribution >= 4 is 15.8 Å². The van der Waals surface area contributed by atoms with E-state index in [1.165, 1.54) is 0 Å². The normalized spacial score (nSPS) is 10.5. The molecule has 0 saturated carbocycles. The van der Waals surface area contributed by atoms with Gasteiger partial charge in [0, 0.05) is 12.1 Å². The second-order valence-corrected chi connectivity index (χ2v) is 3.67. The SMILES string of the molecule is O=[N+]([O-])c1ccc(F)c(S(=O)(=O)[O-])c1.[Na+]. The van der Waals surface area contributed by atoms with Gasteiger partial charge in [0.05, 0.1) is 9.82 Å². The average Bonchev–Trinajstić information content (AvgIpc) is 2.02. The monoisotopic (exact) mass is 243 g/mol. The van der Waals surface area contributed by atoms with Crippen LogP contribution >= 0.6 is 0 Å². The molecular weight excluding hydrogens is 240 g/mol. The molecule has 0 aliphatic carbocycles. The predicted molar refractivity (Wildman–Crippen MR) is 41.0 cm³/mol. The van der Waals surface area contributed by atoms with E-state index >= 15 is 0 Å². The third-order valence-electron chi connectivity index (χ3n) is 1.39. The second kappa shape index (κ2) is 4.99. The van der Waals surface area contributed by atoms with Crippen molar-refractivity contribution in [3.8, 4) is 0 Å². The first-order chi connectivity index (χ1) is 6.32. The molecule has 1 aromatic rings. The molecule has 0 spiro atoms. The fourth-order valence-corrected chi connectivity index (χ4v) is 1.37. The van der Waals surface area contributed by atoms with Crippen molar-refractivity contribution in [2.45, 2.75) is 4.90 Å². The number of nitrogens with zero attached hydrogens (tertiary/aromatic N) is 1. The molecule has 0 aromatic heterocycles. The van der Waals surface area contributed by atoms with Gasteiger partial charge in [0.2, 0.25) is 0 Å². The predicted octanol–water partition coefficient (Wildman–Crippen LogP) is -2.36. The van der Waals surface area contributed by atoms with Gasteiger partial charge in [-0.15, -0.1) is 0 Å². The van der Waals surface area contributed by atoms with Crippen molar-refractivity contribution in [3.63, 3.8) is 0 Å². The number of benzene rings is 1. The summed E-state index contributed by atoms with van der Waals surface area (Å²) >= 11 is 0. The molecule has 0 radical (unpaired) electrons. The Labute approximate surface area is 106 Å². The summed E-state index contributed by atoms with van der Waals surface area (Å²) in [6, 6.07) is 1.71. The van der Waals surface area contributed by atoms with Gasteiger partial charge in [-0.25, -0.2) is 12.8 Å². The summed E-state index contributed by atoms with van der Waals surface area (Å²) in [5, 5.41) is 10.2. The average molecular weight is 243 g/mol. The van der Waals surface area contributed by atoms with Crippen molar-refractivity contribution in [2.75, 3.05) is 0 Å². The van der Waals surface area contributed by atoms with Crippen LogP contribution in [-0.2, 0) is 10.1 Å². The molecular formula is C6H3FNNaO5S. The van der Waals surface area contributed by atoms with Gasteiger partial charge >= 0.3 is 29.6 Å². The minimum absolute atomic E-state index is 0. The summed E-state index contributed by atoms with van der Waals surface area (Å²) in [6.07, 6.45) is 0. The standard InChI is InChI=1S/C6H4FNO5S.Na/c7-5-2-1-4(8(9)10)3-6(5)14(11,12)13;/h1-3H,(H,11,12,13);/q;+1/p-1. The number of nitro groups is 1. The van der Waals surface area contributed by atoms with Crippen LogP contribution in [0.2, 0.25) is 0 Å². The fraction of sp³-hybridized carbons (Fsp3) is 0. The summed E-state index contributed by atoms with van der Waals surface area (Å²) in [4.78, 5) is 8.04. The Hall–Kier alpha value is -0.540. The molecule has 1 aromatic carbocycles. The van der Waals surface area contributed by atoms with E-state index in [1.54, 1.807) is 0 Å². The van der Waals surface area contributed by atoms with Crippen molar-refractivity contribution in [1.29, 1.82) is 0 Å². The molecule has 0 fully saturated rings. The van der Waals surface area contributed by atoms with Crippen molar-refractivity contribution in [2.24, 2.45) is 0 Å². The molecule has 0 N–H and O–H groups in total. The summed E-state index contributed by atoms with van der Waals surface area (Å²) in [5.41, 5.74) is -0.652. The summed E-state index contributed by atoms with van der Waals surface area (Å²) in [6.45, 7) is 0. The van der Waals surface area contributed by atoms with Gasteiger partial charge in [0.1, 0.15) is 15.9 Å². The molecule has 0 heterocycles. The Bertz CT molecular complexity index is 488. The largest absolute Gasteiger partial charge is 1.00 e. The van der Waals surface area contributed by atoms with Gasteiger partial charge < -0.3 is 4.55 Å². The van der Waals surface area contributed by atoms with Gasteiger partial charge in [-0.2, -0.15) is 0 Å². The minimum atomic E-state index is -5.02. The quantitative estimate of drug-likeness (QED) is 0.250. The molecule has 9 heteroatoms. The molecule has 76 valence electrons. The van der Waals surface area contributed by atoms with E-state index in [1.807, 2.05) is 0 Å². The van der Waals surface area contributed by atoms with Crippen LogP contribution in [0.3, 0.4) is 0 Å². The van der Waals surface area contributed by atoms with E-state index in [0.717, 1.165) is 6.07 Å². The summed E-state index contributed by atoms with van der Waals surface area (Å²) in [5.74, 6) is -1.30. The maximum Gasteiger partial charge on any atom is 1.00 e. The minimum Gasteiger partial charge on any atom is -0.744 e. The zero-order valence-electron chi connectivity index (χ0n) is 7.51. The Balaban J connectivity index is 0.00000196. The Morgan fingerprint density at radius 2 is 1.87 bits per heavy atom. The third-order valence-corrected chi connectivity index (χ3v) is 2.25. The molecule has 6 nitrogen and oxygen atoms in total. The Morgan fingerprint density at radius 1 is 1.33 bits per heavy atom. The van der Waals surface area contributed by atoms with Gasteiger partial charge in [-0.1, -0.05) is 0 Å². The van der Waals surface area contributed by atoms with Crippen LogP contribution < -0.4 is 29.6 Å².